The molecule has 2 aromatic rings. The van der Waals surface area contributed by atoms with Crippen molar-refractivity contribution in [2.75, 3.05) is 11.1 Å². The lowest BCUT2D eigenvalue weighted by molar-refractivity contribution is 0.0998. The van der Waals surface area contributed by atoms with E-state index < -0.39 is 5.91 Å². The minimum absolute atomic E-state index is 0.170. The standard InChI is InChI=1S/C14H11BrClN3O2/c15-7-1-3-10(12(17)5-7)14(21)19-8-2-4-9(13(18)20)11(16)6-8/h1-6H,17H2,(H2,18,20)(H,19,21). The fraction of sp³-hybridized carbons (Fsp3) is 0. The average molecular weight is 369 g/mol. The van der Waals surface area contributed by atoms with Gasteiger partial charge in [0.1, 0.15) is 0 Å². The van der Waals surface area contributed by atoms with Gasteiger partial charge in [0.05, 0.1) is 16.1 Å². The van der Waals surface area contributed by atoms with Gasteiger partial charge in [-0.05, 0) is 36.4 Å². The van der Waals surface area contributed by atoms with Gasteiger partial charge >= 0.3 is 0 Å². The van der Waals surface area contributed by atoms with Crippen molar-refractivity contribution in [1.82, 2.24) is 0 Å². The maximum atomic E-state index is 12.1. The van der Waals surface area contributed by atoms with E-state index in [1.165, 1.54) is 12.1 Å². The number of amides is 2. The van der Waals surface area contributed by atoms with Crippen molar-refractivity contribution in [3.05, 3.63) is 57.0 Å². The number of anilines is 2. The first kappa shape index (κ1) is 15.3. The third-order valence-corrected chi connectivity index (χ3v) is 3.56. The second-order valence-corrected chi connectivity index (χ2v) is 5.57. The first-order valence-corrected chi connectivity index (χ1v) is 7.01. The molecule has 0 fully saturated rings. The summed E-state index contributed by atoms with van der Waals surface area (Å²) in [5.74, 6) is -1.00. The summed E-state index contributed by atoms with van der Waals surface area (Å²) in [7, 11) is 0. The molecule has 0 aliphatic rings. The summed E-state index contributed by atoms with van der Waals surface area (Å²) in [5, 5.41) is 2.83. The Kier molecular flexibility index (Phi) is 4.50. The Bertz CT molecular complexity index is 734. The number of nitrogen functional groups attached to an aromatic ring is 1. The summed E-state index contributed by atoms with van der Waals surface area (Å²) in [4.78, 5) is 23.2. The molecule has 0 radical (unpaired) electrons. The molecule has 0 saturated carbocycles. The maximum Gasteiger partial charge on any atom is 0.257 e. The van der Waals surface area contributed by atoms with Gasteiger partial charge in [0.25, 0.3) is 5.91 Å². The van der Waals surface area contributed by atoms with E-state index in [1.807, 2.05) is 0 Å². The molecular formula is C14H11BrClN3O2. The van der Waals surface area contributed by atoms with Gasteiger partial charge in [0.2, 0.25) is 5.91 Å². The normalized spacial score (nSPS) is 10.2. The van der Waals surface area contributed by atoms with E-state index in [0.717, 1.165) is 4.47 Å². The van der Waals surface area contributed by atoms with Crippen molar-refractivity contribution in [3.8, 4) is 0 Å². The predicted molar refractivity (Wildman–Crippen MR) is 86.5 cm³/mol. The molecule has 7 heteroatoms. The Labute approximate surface area is 134 Å². The van der Waals surface area contributed by atoms with Crippen molar-refractivity contribution >= 4 is 50.7 Å². The Hall–Kier alpha value is -2.05. The van der Waals surface area contributed by atoms with Crippen LogP contribution in [0.2, 0.25) is 5.02 Å². The van der Waals surface area contributed by atoms with E-state index in [2.05, 4.69) is 21.2 Å². The number of rotatable bonds is 3. The smallest absolute Gasteiger partial charge is 0.257 e. The Balaban J connectivity index is 2.23. The van der Waals surface area contributed by atoms with Gasteiger partial charge in [-0.15, -0.1) is 0 Å². The van der Waals surface area contributed by atoms with Gasteiger partial charge in [-0.25, -0.2) is 0 Å². The second kappa shape index (κ2) is 6.15. The largest absolute Gasteiger partial charge is 0.398 e. The minimum Gasteiger partial charge on any atom is -0.398 e. The number of hydrogen-bond acceptors (Lipinski definition) is 3. The highest BCUT2D eigenvalue weighted by Gasteiger charge is 2.12. The Morgan fingerprint density at radius 1 is 1.10 bits per heavy atom. The van der Waals surface area contributed by atoms with Crippen molar-refractivity contribution in [3.63, 3.8) is 0 Å². The number of hydrogen-bond donors (Lipinski definition) is 3. The van der Waals surface area contributed by atoms with E-state index in [4.69, 9.17) is 23.1 Å². The number of carbonyl (C=O) groups is 2. The van der Waals surface area contributed by atoms with Crippen LogP contribution in [0.4, 0.5) is 11.4 Å². The molecule has 0 heterocycles. The topological polar surface area (TPSA) is 98.2 Å². The highest BCUT2D eigenvalue weighted by Crippen LogP contribution is 2.23. The highest BCUT2D eigenvalue weighted by molar-refractivity contribution is 9.10. The van der Waals surface area contributed by atoms with E-state index in [1.54, 1.807) is 24.3 Å². The van der Waals surface area contributed by atoms with Crippen LogP contribution in [-0.4, -0.2) is 11.8 Å². The maximum absolute atomic E-state index is 12.1. The van der Waals surface area contributed by atoms with Gasteiger partial charge < -0.3 is 16.8 Å². The summed E-state index contributed by atoms with van der Waals surface area (Å²) < 4.78 is 0.783. The molecule has 0 aromatic heterocycles. The molecule has 5 N–H and O–H groups in total. The quantitative estimate of drug-likeness (QED) is 0.726. The summed E-state index contributed by atoms with van der Waals surface area (Å²) in [5.41, 5.74) is 12.3. The van der Waals surface area contributed by atoms with E-state index in [-0.39, 0.29) is 16.5 Å². The molecule has 0 atom stereocenters. The molecule has 0 spiro atoms. The number of nitrogens with two attached hydrogens (primary N) is 2. The van der Waals surface area contributed by atoms with Crippen LogP contribution in [0.5, 0.6) is 0 Å². The third-order valence-electron chi connectivity index (χ3n) is 2.75. The predicted octanol–water partition coefficient (Wildman–Crippen LogP) is 3.04. The zero-order valence-electron chi connectivity index (χ0n) is 10.7. The van der Waals surface area contributed by atoms with Crippen molar-refractivity contribution in [2.45, 2.75) is 0 Å². The van der Waals surface area contributed by atoms with Gasteiger partial charge in [-0.3, -0.25) is 9.59 Å². The summed E-state index contributed by atoms with van der Waals surface area (Å²) in [6, 6.07) is 9.40. The first-order chi connectivity index (χ1) is 9.88. The van der Waals surface area contributed by atoms with Crippen LogP contribution < -0.4 is 16.8 Å². The van der Waals surface area contributed by atoms with Crippen LogP contribution in [0.15, 0.2) is 40.9 Å². The third kappa shape index (κ3) is 3.53. The number of halogens is 2. The number of benzene rings is 2. The summed E-state index contributed by atoms with van der Waals surface area (Å²) >= 11 is 9.19. The molecule has 5 nitrogen and oxygen atoms in total. The van der Waals surface area contributed by atoms with Crippen LogP contribution in [0.25, 0.3) is 0 Å². The summed E-state index contributed by atoms with van der Waals surface area (Å²) in [6.45, 7) is 0. The van der Waals surface area contributed by atoms with Crippen LogP contribution >= 0.6 is 27.5 Å². The van der Waals surface area contributed by atoms with Gasteiger partial charge in [-0.2, -0.15) is 0 Å². The minimum atomic E-state index is -0.630. The molecule has 0 saturated heterocycles. The van der Waals surface area contributed by atoms with Gasteiger partial charge in [0, 0.05) is 15.8 Å². The SMILES string of the molecule is NC(=O)c1ccc(NC(=O)c2ccc(Br)cc2N)cc1Cl. The average Bonchev–Trinajstić information content (AvgIpc) is 2.37. The molecule has 2 aromatic carbocycles. The van der Waals surface area contributed by atoms with Crippen LogP contribution in [0.3, 0.4) is 0 Å². The van der Waals surface area contributed by atoms with Gasteiger partial charge in [-0.1, -0.05) is 27.5 Å². The highest BCUT2D eigenvalue weighted by atomic mass is 79.9. The van der Waals surface area contributed by atoms with Crippen molar-refractivity contribution in [2.24, 2.45) is 5.73 Å². The molecule has 0 aliphatic heterocycles. The zero-order chi connectivity index (χ0) is 15.6. The lowest BCUT2D eigenvalue weighted by Gasteiger charge is -2.09. The number of nitrogens with one attached hydrogen (secondary N) is 1. The number of carbonyl (C=O) groups excluding carboxylic acids is 2. The lowest BCUT2D eigenvalue weighted by atomic mass is 10.1. The monoisotopic (exact) mass is 367 g/mol. The van der Waals surface area contributed by atoms with E-state index in [0.29, 0.717) is 16.9 Å². The second-order valence-electron chi connectivity index (χ2n) is 4.24. The lowest BCUT2D eigenvalue weighted by Crippen LogP contribution is -2.15. The van der Waals surface area contributed by atoms with Crippen LogP contribution in [-0.2, 0) is 0 Å². The molecule has 2 rings (SSSR count). The summed E-state index contributed by atoms with van der Waals surface area (Å²) in [6.07, 6.45) is 0. The van der Waals surface area contributed by atoms with Crippen LogP contribution in [0, 0.1) is 0 Å². The fourth-order valence-corrected chi connectivity index (χ4v) is 2.38. The van der Waals surface area contributed by atoms with Gasteiger partial charge in [0.15, 0.2) is 0 Å². The Morgan fingerprint density at radius 3 is 2.33 bits per heavy atom. The fourth-order valence-electron chi connectivity index (χ4n) is 1.73. The Morgan fingerprint density at radius 2 is 1.76 bits per heavy atom. The van der Waals surface area contributed by atoms with Crippen molar-refractivity contribution in [1.29, 1.82) is 0 Å². The zero-order valence-corrected chi connectivity index (χ0v) is 13.0. The molecule has 0 bridgehead atoms. The molecular weight excluding hydrogens is 358 g/mol. The molecule has 0 aliphatic carbocycles. The number of primary amides is 1. The van der Waals surface area contributed by atoms with Crippen LogP contribution in [0.1, 0.15) is 20.7 Å². The molecule has 0 unspecified atom stereocenters. The van der Waals surface area contributed by atoms with E-state index >= 15 is 0 Å². The molecule has 108 valence electrons. The van der Waals surface area contributed by atoms with Crippen molar-refractivity contribution < 1.29 is 9.59 Å². The van der Waals surface area contributed by atoms with E-state index in [9.17, 15) is 9.59 Å². The molecule has 2 amide bonds. The first-order valence-electron chi connectivity index (χ1n) is 5.84. The molecule has 21 heavy (non-hydrogen) atoms.